The van der Waals surface area contributed by atoms with Crippen LogP contribution in [-0.4, -0.2) is 6.29 Å². The van der Waals surface area contributed by atoms with Gasteiger partial charge in [-0.2, -0.15) is 13.2 Å². The normalized spacial score (nSPS) is 11.9. The lowest BCUT2D eigenvalue weighted by molar-refractivity contribution is -0.137. The van der Waals surface area contributed by atoms with Gasteiger partial charge in [0.15, 0.2) is 0 Å². The quantitative estimate of drug-likeness (QED) is 0.669. The zero-order valence-corrected chi connectivity index (χ0v) is 7.01. The molecular weight excluding hydrogens is 193 g/mol. The lowest BCUT2D eigenvalue weighted by atomic mass is 10.1. The Hall–Kier alpha value is -1.58. The summed E-state index contributed by atoms with van der Waals surface area (Å²) >= 11 is 0. The summed E-state index contributed by atoms with van der Waals surface area (Å²) in [6, 6.07) is 4.70. The van der Waals surface area contributed by atoms with Gasteiger partial charge in [0.1, 0.15) is 0 Å². The van der Waals surface area contributed by atoms with Gasteiger partial charge in [0.25, 0.3) is 0 Å². The predicted molar refractivity (Wildman–Crippen MR) is 46.2 cm³/mol. The van der Waals surface area contributed by atoms with Crippen LogP contribution in [0.5, 0.6) is 0 Å². The fourth-order valence-corrected chi connectivity index (χ4v) is 0.949. The van der Waals surface area contributed by atoms with Crippen molar-refractivity contribution in [3.63, 3.8) is 0 Å². The minimum Gasteiger partial charge on any atom is -0.286 e. The molecule has 0 saturated carbocycles. The molecule has 0 N–H and O–H groups in total. The van der Waals surface area contributed by atoms with Gasteiger partial charge in [0.2, 0.25) is 6.29 Å². The van der Waals surface area contributed by atoms with Gasteiger partial charge >= 0.3 is 6.18 Å². The minimum absolute atomic E-state index is 0.322. The van der Waals surface area contributed by atoms with E-state index in [0.717, 1.165) is 18.2 Å². The Kier molecular flexibility index (Phi) is 3.06. The Morgan fingerprint density at radius 1 is 1.29 bits per heavy atom. The number of carbonyl (C=O) groups excluding carboxylic acids is 1. The SMILES string of the molecule is O=[C]/C=C/c1cccc(C(F)(F)F)c1. The van der Waals surface area contributed by atoms with Crippen molar-refractivity contribution in [3.8, 4) is 0 Å². The third kappa shape index (κ3) is 2.73. The molecule has 0 heterocycles. The van der Waals surface area contributed by atoms with E-state index in [0.29, 0.717) is 5.56 Å². The van der Waals surface area contributed by atoms with E-state index >= 15 is 0 Å². The van der Waals surface area contributed by atoms with Crippen LogP contribution < -0.4 is 0 Å². The zero-order valence-electron chi connectivity index (χ0n) is 7.01. The zero-order chi connectivity index (χ0) is 10.6. The first-order valence-corrected chi connectivity index (χ1v) is 3.75. The number of hydrogen-bond acceptors (Lipinski definition) is 1. The summed E-state index contributed by atoms with van der Waals surface area (Å²) < 4.78 is 36.6. The highest BCUT2D eigenvalue weighted by atomic mass is 19.4. The van der Waals surface area contributed by atoms with E-state index in [-0.39, 0.29) is 0 Å². The second-order valence-corrected chi connectivity index (χ2v) is 2.57. The molecule has 1 aromatic carbocycles. The average Bonchev–Trinajstić information content (AvgIpc) is 2.14. The summed E-state index contributed by atoms with van der Waals surface area (Å²) in [6.45, 7) is 0. The molecule has 0 atom stereocenters. The summed E-state index contributed by atoms with van der Waals surface area (Å²) in [5.74, 6) is 0. The molecule has 4 heteroatoms. The first kappa shape index (κ1) is 10.5. The Morgan fingerprint density at radius 3 is 2.57 bits per heavy atom. The van der Waals surface area contributed by atoms with Gasteiger partial charge in [-0.05, 0) is 23.8 Å². The lowest BCUT2D eigenvalue weighted by Gasteiger charge is -2.06. The number of hydrogen-bond donors (Lipinski definition) is 0. The van der Waals surface area contributed by atoms with Crippen LogP contribution in [-0.2, 0) is 11.0 Å². The van der Waals surface area contributed by atoms with Gasteiger partial charge in [-0.3, -0.25) is 4.79 Å². The number of rotatable bonds is 2. The molecule has 0 aliphatic rings. The highest BCUT2D eigenvalue weighted by Crippen LogP contribution is 2.29. The molecule has 0 aliphatic heterocycles. The van der Waals surface area contributed by atoms with Gasteiger partial charge in [-0.15, -0.1) is 0 Å². The molecule has 1 aromatic rings. The fraction of sp³-hybridized carbons (Fsp3) is 0.100. The van der Waals surface area contributed by atoms with Gasteiger partial charge in [-0.1, -0.05) is 18.2 Å². The van der Waals surface area contributed by atoms with Crippen molar-refractivity contribution in [1.82, 2.24) is 0 Å². The van der Waals surface area contributed by atoms with Crippen molar-refractivity contribution in [2.45, 2.75) is 6.18 Å². The number of alkyl halides is 3. The molecule has 0 fully saturated rings. The molecule has 14 heavy (non-hydrogen) atoms. The van der Waals surface area contributed by atoms with Crippen molar-refractivity contribution in [2.24, 2.45) is 0 Å². The molecule has 0 aromatic heterocycles. The fourth-order valence-electron chi connectivity index (χ4n) is 0.949. The van der Waals surface area contributed by atoms with E-state index < -0.39 is 11.7 Å². The Morgan fingerprint density at radius 2 is 2.00 bits per heavy atom. The van der Waals surface area contributed by atoms with Crippen molar-refractivity contribution in [2.75, 3.05) is 0 Å². The second kappa shape index (κ2) is 4.09. The van der Waals surface area contributed by atoms with Crippen LogP contribution in [0, 0.1) is 0 Å². The summed E-state index contributed by atoms with van der Waals surface area (Å²) in [6.07, 6.45) is -0.600. The van der Waals surface area contributed by atoms with Crippen molar-refractivity contribution >= 4 is 12.4 Å². The topological polar surface area (TPSA) is 17.1 Å². The van der Waals surface area contributed by atoms with E-state index in [2.05, 4.69) is 0 Å². The lowest BCUT2D eigenvalue weighted by Crippen LogP contribution is -2.04. The maximum atomic E-state index is 12.2. The highest BCUT2D eigenvalue weighted by molar-refractivity contribution is 5.74. The van der Waals surface area contributed by atoms with Crippen LogP contribution in [0.2, 0.25) is 0 Å². The Bertz CT molecular complexity index is 353. The molecular formula is C10H6F3O. The summed E-state index contributed by atoms with van der Waals surface area (Å²) in [5, 5.41) is 0. The second-order valence-electron chi connectivity index (χ2n) is 2.57. The molecule has 1 radical (unpaired) electrons. The van der Waals surface area contributed by atoms with Gasteiger partial charge in [0, 0.05) is 0 Å². The first-order valence-electron chi connectivity index (χ1n) is 3.75. The maximum absolute atomic E-state index is 12.2. The molecule has 0 bridgehead atoms. The van der Waals surface area contributed by atoms with Crippen molar-refractivity contribution in [1.29, 1.82) is 0 Å². The monoisotopic (exact) mass is 199 g/mol. The predicted octanol–water partition coefficient (Wildman–Crippen LogP) is 2.83. The van der Waals surface area contributed by atoms with Crippen molar-refractivity contribution < 1.29 is 18.0 Å². The van der Waals surface area contributed by atoms with Crippen LogP contribution in [0.4, 0.5) is 13.2 Å². The van der Waals surface area contributed by atoms with E-state index in [4.69, 9.17) is 0 Å². The molecule has 0 amide bonds. The number of benzene rings is 1. The molecule has 0 saturated heterocycles. The van der Waals surface area contributed by atoms with E-state index in [1.54, 1.807) is 0 Å². The Balaban J connectivity index is 3.01. The van der Waals surface area contributed by atoms with Gasteiger partial charge in [-0.25, -0.2) is 0 Å². The summed E-state index contributed by atoms with van der Waals surface area (Å²) in [5.41, 5.74) is -0.409. The Labute approximate surface area is 78.9 Å². The maximum Gasteiger partial charge on any atom is 0.416 e. The third-order valence-electron chi connectivity index (χ3n) is 1.56. The molecule has 0 aliphatic carbocycles. The molecule has 73 valence electrons. The van der Waals surface area contributed by atoms with Gasteiger partial charge in [0.05, 0.1) is 5.56 Å². The third-order valence-corrected chi connectivity index (χ3v) is 1.56. The van der Waals surface area contributed by atoms with E-state index in [9.17, 15) is 18.0 Å². The summed E-state index contributed by atoms with van der Waals surface area (Å²) in [4.78, 5) is 9.83. The van der Waals surface area contributed by atoms with Crippen LogP contribution >= 0.6 is 0 Å². The van der Waals surface area contributed by atoms with Crippen LogP contribution in [0.15, 0.2) is 30.3 Å². The smallest absolute Gasteiger partial charge is 0.286 e. The molecule has 0 spiro atoms. The van der Waals surface area contributed by atoms with Crippen LogP contribution in [0.25, 0.3) is 6.08 Å². The number of allylic oxidation sites excluding steroid dienone is 1. The molecule has 1 rings (SSSR count). The average molecular weight is 199 g/mol. The minimum atomic E-state index is -4.35. The van der Waals surface area contributed by atoms with Crippen LogP contribution in [0.3, 0.4) is 0 Å². The van der Waals surface area contributed by atoms with Crippen LogP contribution in [0.1, 0.15) is 11.1 Å². The van der Waals surface area contributed by atoms with Crippen molar-refractivity contribution in [3.05, 3.63) is 41.5 Å². The van der Waals surface area contributed by atoms with E-state index in [1.165, 1.54) is 24.5 Å². The molecule has 0 unspecified atom stereocenters. The summed E-state index contributed by atoms with van der Waals surface area (Å²) in [7, 11) is 0. The largest absolute Gasteiger partial charge is 0.416 e. The van der Waals surface area contributed by atoms with E-state index in [1.807, 2.05) is 0 Å². The first-order chi connectivity index (χ1) is 6.54. The highest BCUT2D eigenvalue weighted by Gasteiger charge is 2.30. The molecule has 1 nitrogen and oxygen atoms in total. The standard InChI is InChI=1S/C10H6F3O/c11-10(12,13)9-5-1-3-8(7-9)4-2-6-14/h1-5,7H/b4-2+. The number of halogens is 3. The van der Waals surface area contributed by atoms with Gasteiger partial charge < -0.3 is 0 Å².